The molecule has 0 aromatic heterocycles. The molecule has 0 aliphatic heterocycles. The van der Waals surface area contributed by atoms with E-state index in [2.05, 4.69) is 6.58 Å². The molecule has 0 rings (SSSR count). The Morgan fingerprint density at radius 3 is 2.36 bits per heavy atom. The maximum absolute atomic E-state index is 10.9. The molecular formula is C9H14O2. The van der Waals surface area contributed by atoms with Crippen molar-refractivity contribution in [3.63, 3.8) is 0 Å². The van der Waals surface area contributed by atoms with E-state index in [-0.39, 0.29) is 5.97 Å². The van der Waals surface area contributed by atoms with Crippen LogP contribution in [0.2, 0.25) is 0 Å². The van der Waals surface area contributed by atoms with Crippen LogP contribution in [-0.2, 0) is 9.53 Å². The topological polar surface area (TPSA) is 26.3 Å². The van der Waals surface area contributed by atoms with E-state index in [0.717, 1.165) is 0 Å². The first-order valence-electron chi connectivity index (χ1n) is 3.48. The summed E-state index contributed by atoms with van der Waals surface area (Å²) in [4.78, 5) is 10.9. The van der Waals surface area contributed by atoms with Gasteiger partial charge in [-0.2, -0.15) is 0 Å². The molecule has 0 saturated carbocycles. The van der Waals surface area contributed by atoms with Crippen molar-refractivity contribution in [1.82, 2.24) is 0 Å². The fourth-order valence-electron chi connectivity index (χ4n) is 0.482. The van der Waals surface area contributed by atoms with Crippen molar-refractivity contribution in [3.05, 3.63) is 24.8 Å². The van der Waals surface area contributed by atoms with E-state index in [0.29, 0.717) is 0 Å². The smallest absolute Gasteiger partial charge is 0.331 e. The molecule has 0 aromatic rings. The zero-order valence-corrected chi connectivity index (χ0v) is 7.26. The molecule has 0 spiro atoms. The van der Waals surface area contributed by atoms with Crippen molar-refractivity contribution in [2.45, 2.75) is 26.4 Å². The van der Waals surface area contributed by atoms with Gasteiger partial charge in [0.05, 0.1) is 0 Å². The van der Waals surface area contributed by atoms with Crippen LogP contribution in [-0.4, -0.2) is 11.6 Å². The van der Waals surface area contributed by atoms with Gasteiger partial charge in [-0.3, -0.25) is 0 Å². The number of carbonyl (C=O) groups is 1. The molecule has 0 aliphatic carbocycles. The van der Waals surface area contributed by atoms with Gasteiger partial charge in [0.2, 0.25) is 0 Å². The average molecular weight is 154 g/mol. The maximum Gasteiger partial charge on any atom is 0.331 e. The number of carbonyl (C=O) groups excluding carboxylic acids is 1. The number of rotatable bonds is 2. The third-order valence-electron chi connectivity index (χ3n) is 0.775. The van der Waals surface area contributed by atoms with E-state index < -0.39 is 5.60 Å². The van der Waals surface area contributed by atoms with Gasteiger partial charge < -0.3 is 4.74 Å². The van der Waals surface area contributed by atoms with Crippen LogP contribution in [0.5, 0.6) is 0 Å². The summed E-state index contributed by atoms with van der Waals surface area (Å²) in [5.41, 5.74) is -0.414. The van der Waals surface area contributed by atoms with Crippen LogP contribution < -0.4 is 0 Å². The quantitative estimate of drug-likeness (QED) is 0.346. The number of ether oxygens (including phenoxy) is 1. The fraction of sp³-hybridized carbons (Fsp3) is 0.444. The van der Waals surface area contributed by atoms with Crippen LogP contribution in [0.4, 0.5) is 0 Å². The predicted molar refractivity (Wildman–Crippen MR) is 45.2 cm³/mol. The lowest BCUT2D eigenvalue weighted by atomic mass is 10.2. The number of esters is 1. The summed E-state index contributed by atoms with van der Waals surface area (Å²) in [7, 11) is 0. The second-order valence-electron chi connectivity index (χ2n) is 3.13. The normalized spacial score (nSPS) is 11.5. The first kappa shape index (κ1) is 9.95. The van der Waals surface area contributed by atoms with E-state index in [1.807, 2.05) is 20.8 Å². The Bertz CT molecular complexity index is 172. The molecule has 0 radical (unpaired) electrons. The van der Waals surface area contributed by atoms with Crippen LogP contribution in [0.25, 0.3) is 0 Å². The standard InChI is InChI=1S/C9H14O2/c1-5-6-7-8(10)11-9(2,3)4/h5-7H,1H2,2-4H3. The van der Waals surface area contributed by atoms with Crippen LogP contribution in [0.3, 0.4) is 0 Å². The van der Waals surface area contributed by atoms with Crippen molar-refractivity contribution >= 4 is 5.97 Å². The lowest BCUT2D eigenvalue weighted by Gasteiger charge is -2.17. The Kier molecular flexibility index (Phi) is 3.58. The Balaban J connectivity index is 3.89. The Morgan fingerprint density at radius 1 is 1.45 bits per heavy atom. The van der Waals surface area contributed by atoms with Crippen molar-refractivity contribution in [2.75, 3.05) is 0 Å². The Hall–Kier alpha value is -1.05. The molecule has 11 heavy (non-hydrogen) atoms. The monoisotopic (exact) mass is 154 g/mol. The summed E-state index contributed by atoms with van der Waals surface area (Å²) < 4.78 is 4.97. The van der Waals surface area contributed by atoms with E-state index in [1.165, 1.54) is 12.2 Å². The highest BCUT2D eigenvalue weighted by atomic mass is 16.6. The van der Waals surface area contributed by atoms with Crippen LogP contribution in [0, 0.1) is 0 Å². The zero-order valence-electron chi connectivity index (χ0n) is 7.26. The number of hydrogen-bond acceptors (Lipinski definition) is 2. The molecular weight excluding hydrogens is 140 g/mol. The number of hydrogen-bond donors (Lipinski definition) is 0. The van der Waals surface area contributed by atoms with E-state index >= 15 is 0 Å². The second kappa shape index (κ2) is 3.96. The van der Waals surface area contributed by atoms with Gasteiger partial charge in [-0.1, -0.05) is 18.7 Å². The molecule has 0 aliphatic rings. The molecule has 0 unspecified atom stereocenters. The molecule has 0 N–H and O–H groups in total. The van der Waals surface area contributed by atoms with Crippen molar-refractivity contribution in [2.24, 2.45) is 0 Å². The highest BCUT2D eigenvalue weighted by Crippen LogP contribution is 2.06. The Morgan fingerprint density at radius 2 is 2.00 bits per heavy atom. The van der Waals surface area contributed by atoms with Gasteiger partial charge in [-0.15, -0.1) is 0 Å². The minimum Gasteiger partial charge on any atom is -0.457 e. The van der Waals surface area contributed by atoms with Gasteiger partial charge in [0.1, 0.15) is 5.60 Å². The van der Waals surface area contributed by atoms with Crippen molar-refractivity contribution in [1.29, 1.82) is 0 Å². The molecule has 0 saturated heterocycles. The lowest BCUT2D eigenvalue weighted by molar-refractivity contribution is -0.148. The maximum atomic E-state index is 10.9. The summed E-state index contributed by atoms with van der Waals surface area (Å²) in [6.45, 7) is 8.91. The molecule has 0 atom stereocenters. The summed E-state index contributed by atoms with van der Waals surface area (Å²) in [6, 6.07) is 0. The molecule has 62 valence electrons. The molecule has 0 bridgehead atoms. The lowest BCUT2D eigenvalue weighted by Crippen LogP contribution is -2.22. The molecule has 0 aromatic carbocycles. The van der Waals surface area contributed by atoms with Crippen molar-refractivity contribution in [3.8, 4) is 0 Å². The van der Waals surface area contributed by atoms with E-state index in [9.17, 15) is 4.79 Å². The van der Waals surface area contributed by atoms with Crippen LogP contribution in [0.1, 0.15) is 20.8 Å². The van der Waals surface area contributed by atoms with Gasteiger partial charge in [-0.25, -0.2) is 4.79 Å². The SMILES string of the molecule is C=CC=CC(=O)OC(C)(C)C. The van der Waals surface area contributed by atoms with Crippen LogP contribution >= 0.6 is 0 Å². The van der Waals surface area contributed by atoms with E-state index in [4.69, 9.17) is 4.74 Å². The minimum atomic E-state index is -0.414. The van der Waals surface area contributed by atoms with Crippen molar-refractivity contribution < 1.29 is 9.53 Å². The average Bonchev–Trinajstić information content (AvgIpc) is 1.79. The van der Waals surface area contributed by atoms with Gasteiger partial charge in [0.15, 0.2) is 0 Å². The Labute approximate surface area is 67.6 Å². The summed E-state index contributed by atoms with van der Waals surface area (Å²) in [5, 5.41) is 0. The zero-order chi connectivity index (χ0) is 8.91. The fourth-order valence-corrected chi connectivity index (χ4v) is 0.482. The third kappa shape index (κ3) is 6.84. The summed E-state index contributed by atoms with van der Waals surface area (Å²) in [6.07, 6.45) is 4.43. The van der Waals surface area contributed by atoms with E-state index in [1.54, 1.807) is 6.08 Å². The molecule has 0 fully saturated rings. The molecule has 0 heterocycles. The van der Waals surface area contributed by atoms with Gasteiger partial charge in [-0.05, 0) is 20.8 Å². The van der Waals surface area contributed by atoms with Gasteiger partial charge >= 0.3 is 5.97 Å². The van der Waals surface area contributed by atoms with Gasteiger partial charge in [0, 0.05) is 6.08 Å². The molecule has 2 nitrogen and oxygen atoms in total. The van der Waals surface area contributed by atoms with Gasteiger partial charge in [0.25, 0.3) is 0 Å². The van der Waals surface area contributed by atoms with Crippen LogP contribution in [0.15, 0.2) is 24.8 Å². The first-order chi connectivity index (χ1) is 4.95. The highest BCUT2D eigenvalue weighted by molar-refractivity contribution is 5.82. The highest BCUT2D eigenvalue weighted by Gasteiger charge is 2.13. The predicted octanol–water partition coefficient (Wildman–Crippen LogP) is 2.07. The summed E-state index contributed by atoms with van der Waals surface area (Å²) >= 11 is 0. The minimum absolute atomic E-state index is 0.336. The number of allylic oxidation sites excluding steroid dienone is 2. The first-order valence-corrected chi connectivity index (χ1v) is 3.48. The third-order valence-corrected chi connectivity index (χ3v) is 0.775. The second-order valence-corrected chi connectivity index (χ2v) is 3.13. The largest absolute Gasteiger partial charge is 0.457 e. The molecule has 2 heteroatoms. The molecule has 0 amide bonds. The summed E-state index contributed by atoms with van der Waals surface area (Å²) in [5.74, 6) is -0.336.